The van der Waals surface area contributed by atoms with Gasteiger partial charge in [-0.05, 0) is 14.1 Å². The highest BCUT2D eigenvalue weighted by molar-refractivity contribution is 5.95. The van der Waals surface area contributed by atoms with Crippen LogP contribution in [0.2, 0.25) is 0 Å². The number of likely N-dealkylation sites (N-methyl/N-ethyl adjacent to an activating group) is 1. The minimum atomic E-state index is -1.17. The van der Waals surface area contributed by atoms with Gasteiger partial charge in [0.05, 0.1) is 25.9 Å². The first-order valence-corrected chi connectivity index (χ1v) is 6.98. The molecule has 0 saturated carbocycles. The number of carbonyl (C=O) groups excluding carboxylic acids is 1. The van der Waals surface area contributed by atoms with Gasteiger partial charge in [-0.3, -0.25) is 0 Å². The van der Waals surface area contributed by atoms with E-state index in [4.69, 9.17) is 9.84 Å². The number of hydrogen-bond acceptors (Lipinski definition) is 6. The zero-order valence-corrected chi connectivity index (χ0v) is 13.5. The Labute approximate surface area is 126 Å². The van der Waals surface area contributed by atoms with Crippen molar-refractivity contribution in [2.45, 2.75) is 20.0 Å². The molecule has 1 saturated heterocycles. The molecule has 0 aromatic heterocycles. The van der Waals surface area contributed by atoms with Gasteiger partial charge in [-0.2, -0.15) is 0 Å². The first kappa shape index (κ1) is 19.4. The highest BCUT2D eigenvalue weighted by Gasteiger charge is 2.26. The summed E-state index contributed by atoms with van der Waals surface area (Å²) in [4.78, 5) is 26.1. The Bertz CT molecular complexity index is 368. The second-order valence-corrected chi connectivity index (χ2v) is 4.56. The maximum absolute atomic E-state index is 11.6. The predicted octanol–water partition coefficient (Wildman–Crippen LogP) is 0.417. The second-order valence-electron chi connectivity index (χ2n) is 4.56. The summed E-state index contributed by atoms with van der Waals surface area (Å²) in [6.07, 6.45) is 0.815. The van der Waals surface area contributed by atoms with Crippen molar-refractivity contribution in [2.75, 3.05) is 47.4 Å². The third-order valence-corrected chi connectivity index (χ3v) is 2.70. The number of carbonyl (C=O) groups is 2. The molecule has 1 aliphatic rings. The molecule has 0 aromatic carbocycles. The lowest BCUT2D eigenvalue weighted by atomic mass is 10.2. The van der Waals surface area contributed by atoms with Crippen LogP contribution in [0.15, 0.2) is 11.8 Å². The first-order valence-electron chi connectivity index (χ1n) is 6.98. The van der Waals surface area contributed by atoms with Crippen LogP contribution in [-0.4, -0.2) is 80.4 Å². The number of carboxylic acids is 1. The fraction of sp³-hybridized carbons (Fsp3) is 0.714. The smallest absolute Gasteiger partial charge is 0.354 e. The lowest BCUT2D eigenvalue weighted by Gasteiger charge is -2.35. The number of morpholine rings is 1. The molecule has 1 aliphatic heterocycles. The van der Waals surface area contributed by atoms with Crippen LogP contribution < -0.4 is 0 Å². The summed E-state index contributed by atoms with van der Waals surface area (Å²) in [7, 11) is 5.09. The molecular formula is C14H26N2O5. The average molecular weight is 302 g/mol. The molecule has 0 aliphatic carbocycles. The summed E-state index contributed by atoms with van der Waals surface area (Å²) in [6.45, 7) is 6.09. The summed E-state index contributed by atoms with van der Waals surface area (Å²) >= 11 is 0. The normalized spacial score (nSPS) is 18.9. The van der Waals surface area contributed by atoms with Gasteiger partial charge in [0.25, 0.3) is 0 Å². The molecule has 1 fully saturated rings. The monoisotopic (exact) mass is 302 g/mol. The van der Waals surface area contributed by atoms with Crippen molar-refractivity contribution in [1.82, 2.24) is 9.80 Å². The van der Waals surface area contributed by atoms with Crippen molar-refractivity contribution in [3.8, 4) is 0 Å². The van der Waals surface area contributed by atoms with Gasteiger partial charge in [0, 0.05) is 19.6 Å². The van der Waals surface area contributed by atoms with E-state index in [1.54, 1.807) is 4.90 Å². The quantitative estimate of drug-likeness (QED) is 0.582. The van der Waals surface area contributed by atoms with E-state index in [2.05, 4.69) is 4.74 Å². The number of carboxylic acid groups (broad SMARTS) is 1. The van der Waals surface area contributed by atoms with Gasteiger partial charge in [-0.15, -0.1) is 0 Å². The molecule has 0 bridgehead atoms. The number of aliphatic carboxylic acids is 1. The van der Waals surface area contributed by atoms with Crippen LogP contribution >= 0.6 is 0 Å². The van der Waals surface area contributed by atoms with Crippen LogP contribution in [0.25, 0.3) is 0 Å². The Balaban J connectivity index is 0.00000191. The average Bonchev–Trinajstić information content (AvgIpc) is 2.45. The van der Waals surface area contributed by atoms with Crippen LogP contribution in [0.4, 0.5) is 0 Å². The molecule has 1 rings (SSSR count). The molecule has 1 atom stereocenters. The third-order valence-electron chi connectivity index (χ3n) is 2.70. The fourth-order valence-corrected chi connectivity index (χ4v) is 1.96. The van der Waals surface area contributed by atoms with E-state index in [1.165, 1.54) is 7.11 Å². The highest BCUT2D eigenvalue weighted by Crippen LogP contribution is 2.13. The predicted molar refractivity (Wildman–Crippen MR) is 78.9 cm³/mol. The summed E-state index contributed by atoms with van der Waals surface area (Å²) in [6, 6.07) is 0. The van der Waals surface area contributed by atoms with Gasteiger partial charge >= 0.3 is 11.9 Å². The Morgan fingerprint density at radius 3 is 2.52 bits per heavy atom. The van der Waals surface area contributed by atoms with Crippen molar-refractivity contribution < 1.29 is 24.2 Å². The minimum absolute atomic E-state index is 0.0575. The van der Waals surface area contributed by atoms with Gasteiger partial charge in [0.2, 0.25) is 0 Å². The van der Waals surface area contributed by atoms with Crippen LogP contribution in [-0.2, 0) is 19.1 Å². The molecule has 0 aromatic rings. The van der Waals surface area contributed by atoms with Crippen LogP contribution in [0, 0.1) is 0 Å². The van der Waals surface area contributed by atoms with E-state index in [9.17, 15) is 9.59 Å². The van der Waals surface area contributed by atoms with Crippen LogP contribution in [0.1, 0.15) is 13.8 Å². The Hall–Kier alpha value is -1.60. The molecule has 1 unspecified atom stereocenters. The Kier molecular flexibility index (Phi) is 9.40. The van der Waals surface area contributed by atoms with Crippen molar-refractivity contribution in [3.63, 3.8) is 0 Å². The molecule has 0 spiro atoms. The SMILES string of the molecule is CC.COC(=O)/C(=C/C(=O)O)N1CCOC(CN(C)C)C1. The fourth-order valence-electron chi connectivity index (χ4n) is 1.96. The molecule has 122 valence electrons. The van der Waals surface area contributed by atoms with Crippen LogP contribution in [0.5, 0.6) is 0 Å². The number of esters is 1. The number of ether oxygens (including phenoxy) is 2. The Morgan fingerprint density at radius 2 is 2.05 bits per heavy atom. The maximum atomic E-state index is 11.6. The molecule has 7 nitrogen and oxygen atoms in total. The first-order chi connectivity index (χ1) is 9.93. The maximum Gasteiger partial charge on any atom is 0.354 e. The standard InChI is InChI=1S/C12H20N2O5.C2H6/c1-13(2)7-9-8-14(4-5-19-9)10(6-11(15)16)12(17)18-3;1-2/h6,9H,4-5,7-8H2,1-3H3,(H,15,16);1-2H3/b10-6-;. The highest BCUT2D eigenvalue weighted by atomic mass is 16.5. The van der Waals surface area contributed by atoms with Crippen molar-refractivity contribution in [3.05, 3.63) is 11.8 Å². The van der Waals surface area contributed by atoms with Crippen molar-refractivity contribution in [1.29, 1.82) is 0 Å². The number of hydrogen-bond donors (Lipinski definition) is 1. The van der Waals surface area contributed by atoms with Gasteiger partial charge in [-0.25, -0.2) is 9.59 Å². The minimum Gasteiger partial charge on any atom is -0.478 e. The number of nitrogens with zero attached hydrogens (tertiary/aromatic N) is 2. The molecular weight excluding hydrogens is 276 g/mol. The van der Waals surface area contributed by atoms with E-state index in [0.717, 1.165) is 6.08 Å². The molecule has 1 heterocycles. The van der Waals surface area contributed by atoms with Gasteiger partial charge in [0.1, 0.15) is 5.70 Å². The van der Waals surface area contributed by atoms with E-state index in [0.29, 0.717) is 26.2 Å². The zero-order chi connectivity index (χ0) is 16.4. The van der Waals surface area contributed by atoms with Gasteiger partial charge in [-0.1, -0.05) is 13.8 Å². The molecule has 21 heavy (non-hydrogen) atoms. The molecule has 0 radical (unpaired) electrons. The van der Waals surface area contributed by atoms with Crippen LogP contribution in [0.3, 0.4) is 0 Å². The summed E-state index contributed by atoms with van der Waals surface area (Å²) < 4.78 is 10.2. The number of methoxy groups -OCH3 is 1. The summed E-state index contributed by atoms with van der Waals surface area (Å²) in [5, 5.41) is 8.82. The lowest BCUT2D eigenvalue weighted by molar-refractivity contribution is -0.140. The van der Waals surface area contributed by atoms with Crippen molar-refractivity contribution >= 4 is 11.9 Å². The van der Waals surface area contributed by atoms with Gasteiger partial charge in [0.15, 0.2) is 0 Å². The molecule has 1 N–H and O–H groups in total. The summed E-state index contributed by atoms with van der Waals surface area (Å²) in [5.74, 6) is -1.82. The number of rotatable bonds is 5. The molecule has 0 amide bonds. The third kappa shape index (κ3) is 7.10. The zero-order valence-electron chi connectivity index (χ0n) is 13.5. The van der Waals surface area contributed by atoms with Gasteiger partial charge < -0.3 is 24.4 Å². The topological polar surface area (TPSA) is 79.3 Å². The summed E-state index contributed by atoms with van der Waals surface area (Å²) in [5.41, 5.74) is 0.0575. The van der Waals surface area contributed by atoms with E-state index in [1.807, 2.05) is 32.8 Å². The largest absolute Gasteiger partial charge is 0.478 e. The lowest BCUT2D eigenvalue weighted by Crippen LogP contribution is -2.47. The van der Waals surface area contributed by atoms with Crippen molar-refractivity contribution in [2.24, 2.45) is 0 Å². The van der Waals surface area contributed by atoms with E-state index < -0.39 is 11.9 Å². The second kappa shape index (κ2) is 10.2. The van der Waals surface area contributed by atoms with E-state index in [-0.39, 0.29) is 11.8 Å². The van der Waals surface area contributed by atoms with E-state index >= 15 is 0 Å². The molecule has 7 heteroatoms. The Morgan fingerprint density at radius 1 is 1.43 bits per heavy atom.